The highest BCUT2D eigenvalue weighted by molar-refractivity contribution is 6.35. The number of nitrogens with one attached hydrogen (secondary N) is 2. The fourth-order valence-corrected chi connectivity index (χ4v) is 5.06. The maximum Gasteiger partial charge on any atom is 0.310 e. The lowest BCUT2D eigenvalue weighted by molar-refractivity contribution is -0.153. The molecule has 0 unspecified atom stereocenters. The van der Waals surface area contributed by atoms with Crippen molar-refractivity contribution < 1.29 is 14.3 Å². The summed E-state index contributed by atoms with van der Waals surface area (Å²) < 4.78 is 14.7. The quantitative estimate of drug-likeness (QED) is 0.386. The number of halogens is 3. The number of piperidine rings is 1. The number of carboxylic acid groups (broad SMARTS) is 1. The highest BCUT2D eigenvalue weighted by Gasteiger charge is 2.45. The van der Waals surface area contributed by atoms with Crippen molar-refractivity contribution >= 4 is 40.8 Å². The van der Waals surface area contributed by atoms with Crippen LogP contribution < -0.4 is 5.32 Å². The van der Waals surface area contributed by atoms with Gasteiger partial charge in [0.2, 0.25) is 0 Å². The lowest BCUT2D eigenvalue weighted by atomic mass is 9.72. The number of hydrogen-bond acceptors (Lipinski definition) is 5. The number of H-pyrrole nitrogens is 1. The molecule has 0 bridgehead atoms. The van der Waals surface area contributed by atoms with Gasteiger partial charge in [0, 0.05) is 46.4 Å². The van der Waals surface area contributed by atoms with E-state index in [1.54, 1.807) is 24.3 Å². The first-order valence-electron chi connectivity index (χ1n) is 11.0. The fraction of sp³-hybridized carbons (Fsp3) is 0.375. The highest BCUT2D eigenvalue weighted by atomic mass is 35.5. The van der Waals surface area contributed by atoms with E-state index in [9.17, 15) is 14.3 Å². The van der Waals surface area contributed by atoms with Crippen LogP contribution in [0.25, 0.3) is 0 Å². The molecule has 0 saturated carbocycles. The third-order valence-corrected chi connectivity index (χ3v) is 7.16. The number of pyridine rings is 1. The van der Waals surface area contributed by atoms with Crippen molar-refractivity contribution in [1.29, 1.82) is 0 Å². The van der Waals surface area contributed by atoms with Crippen molar-refractivity contribution in [2.24, 2.45) is 5.41 Å². The van der Waals surface area contributed by atoms with E-state index >= 15 is 0 Å². The summed E-state index contributed by atoms with van der Waals surface area (Å²) in [4.78, 5) is 19.0. The van der Waals surface area contributed by atoms with E-state index in [0.717, 1.165) is 11.3 Å². The summed E-state index contributed by atoms with van der Waals surface area (Å²) in [5, 5.41) is 21.3. The van der Waals surface area contributed by atoms with Crippen molar-refractivity contribution in [2.45, 2.75) is 45.7 Å². The van der Waals surface area contributed by atoms with Crippen molar-refractivity contribution in [2.75, 3.05) is 11.9 Å². The Hall–Kier alpha value is -2.68. The zero-order valence-electron chi connectivity index (χ0n) is 18.9. The third-order valence-electron chi connectivity index (χ3n) is 6.45. The van der Waals surface area contributed by atoms with Gasteiger partial charge >= 0.3 is 5.97 Å². The molecule has 3 N–H and O–H groups in total. The summed E-state index contributed by atoms with van der Waals surface area (Å²) in [5.74, 6) is -0.516. The SMILES string of the molecule is Cc1cc(Nc2ccc(F)c(C[C@@]3(C(=O)O)CCN(Cc4c(Cl)cccc4Cl)[C@H](C)C3)n2)n[nH]1. The van der Waals surface area contributed by atoms with Gasteiger partial charge in [0.25, 0.3) is 0 Å². The first-order valence-corrected chi connectivity index (χ1v) is 11.8. The molecule has 2 atom stereocenters. The van der Waals surface area contributed by atoms with Crippen LogP contribution in [0.5, 0.6) is 0 Å². The molecule has 4 rings (SSSR count). The maximum atomic E-state index is 14.7. The average molecular weight is 506 g/mol. The Kier molecular flexibility index (Phi) is 7.12. The molecule has 1 aromatic carbocycles. The number of rotatable bonds is 7. The molecule has 0 amide bonds. The number of aromatic amines is 1. The number of aliphatic carboxylic acids is 1. The lowest BCUT2D eigenvalue weighted by Gasteiger charge is -2.43. The molecule has 2 aromatic heterocycles. The molecule has 3 aromatic rings. The molecule has 10 heteroatoms. The van der Waals surface area contributed by atoms with E-state index in [1.807, 2.05) is 13.8 Å². The van der Waals surface area contributed by atoms with Crippen LogP contribution in [0.3, 0.4) is 0 Å². The normalized spacial score (nSPS) is 20.9. The number of nitrogens with zero attached hydrogens (tertiary/aromatic N) is 3. The third kappa shape index (κ3) is 5.19. The van der Waals surface area contributed by atoms with E-state index in [4.69, 9.17) is 23.2 Å². The largest absolute Gasteiger partial charge is 0.481 e. The lowest BCUT2D eigenvalue weighted by Crippen LogP contribution is -2.49. The summed E-state index contributed by atoms with van der Waals surface area (Å²) in [5.41, 5.74) is 0.679. The van der Waals surface area contributed by atoms with Gasteiger partial charge in [-0.3, -0.25) is 14.8 Å². The van der Waals surface area contributed by atoms with Gasteiger partial charge in [-0.1, -0.05) is 29.3 Å². The monoisotopic (exact) mass is 505 g/mol. The van der Waals surface area contributed by atoms with Crippen molar-refractivity contribution in [3.05, 3.63) is 69.2 Å². The molecule has 1 aliphatic heterocycles. The number of aryl methyl sites for hydroxylation is 1. The molecule has 1 fully saturated rings. The minimum Gasteiger partial charge on any atom is -0.481 e. The number of anilines is 2. The Labute approximate surface area is 207 Å². The van der Waals surface area contributed by atoms with Gasteiger partial charge in [0.05, 0.1) is 11.1 Å². The Balaban J connectivity index is 1.52. The Morgan fingerprint density at radius 2 is 2.03 bits per heavy atom. The molecule has 180 valence electrons. The van der Waals surface area contributed by atoms with E-state index in [2.05, 4.69) is 25.4 Å². The van der Waals surface area contributed by atoms with Crippen LogP contribution >= 0.6 is 23.2 Å². The van der Waals surface area contributed by atoms with Crippen LogP contribution in [0, 0.1) is 18.2 Å². The number of likely N-dealkylation sites (tertiary alicyclic amines) is 1. The van der Waals surface area contributed by atoms with Gasteiger partial charge < -0.3 is 10.4 Å². The molecule has 0 spiro atoms. The van der Waals surface area contributed by atoms with E-state index < -0.39 is 17.2 Å². The number of carboxylic acids is 1. The number of benzene rings is 1. The minimum atomic E-state index is -1.13. The van der Waals surface area contributed by atoms with Crippen molar-refractivity contribution in [3.63, 3.8) is 0 Å². The van der Waals surface area contributed by atoms with Gasteiger partial charge in [-0.2, -0.15) is 5.10 Å². The van der Waals surface area contributed by atoms with Crippen LogP contribution in [0.2, 0.25) is 10.0 Å². The van der Waals surface area contributed by atoms with Gasteiger partial charge in [-0.05, 0) is 57.5 Å². The second-order valence-corrected chi connectivity index (χ2v) is 9.74. The molecular weight excluding hydrogens is 480 g/mol. The Morgan fingerprint density at radius 3 is 2.65 bits per heavy atom. The standard InChI is InChI=1S/C24H26Cl2FN5O2/c1-14-10-22(31-30-14)29-21-7-6-19(27)20(28-21)12-24(23(33)34)8-9-32(15(2)11-24)13-16-17(25)4-3-5-18(16)26/h3-7,10,15H,8-9,11-13H2,1-2H3,(H,33,34)(H2,28,29,30,31)/t15-,24-/m1/s1. The van der Waals surface area contributed by atoms with Crippen LogP contribution in [-0.4, -0.2) is 43.7 Å². The first kappa shape index (κ1) is 24.4. The molecule has 1 aliphatic rings. The van der Waals surface area contributed by atoms with Crippen LogP contribution in [0.1, 0.15) is 36.7 Å². The summed E-state index contributed by atoms with van der Waals surface area (Å²) >= 11 is 12.7. The molecule has 0 radical (unpaired) electrons. The second kappa shape index (κ2) is 9.90. The van der Waals surface area contributed by atoms with Crippen molar-refractivity contribution in [1.82, 2.24) is 20.1 Å². The zero-order valence-corrected chi connectivity index (χ0v) is 20.4. The van der Waals surface area contributed by atoms with E-state index in [1.165, 1.54) is 12.1 Å². The average Bonchev–Trinajstić information content (AvgIpc) is 3.19. The predicted octanol–water partition coefficient (Wildman–Crippen LogP) is 5.60. The molecule has 3 heterocycles. The topological polar surface area (TPSA) is 94.1 Å². The summed E-state index contributed by atoms with van der Waals surface area (Å²) in [6.07, 6.45) is 0.697. The van der Waals surface area contributed by atoms with Crippen molar-refractivity contribution in [3.8, 4) is 0 Å². The molecule has 1 saturated heterocycles. The maximum absolute atomic E-state index is 14.7. The molecule has 0 aliphatic carbocycles. The van der Waals surface area contributed by atoms with Crippen LogP contribution in [0.15, 0.2) is 36.4 Å². The molecular formula is C24H26Cl2FN5O2. The minimum absolute atomic E-state index is 0.00565. The molecule has 7 nitrogen and oxygen atoms in total. The van der Waals surface area contributed by atoms with Gasteiger partial charge in [0.1, 0.15) is 11.6 Å². The fourth-order valence-electron chi connectivity index (χ4n) is 4.54. The van der Waals surface area contributed by atoms with E-state index in [0.29, 0.717) is 47.6 Å². The van der Waals surface area contributed by atoms with Gasteiger partial charge in [0.15, 0.2) is 5.82 Å². The summed E-state index contributed by atoms with van der Waals surface area (Å²) in [7, 11) is 0. The van der Waals surface area contributed by atoms with Gasteiger partial charge in [-0.25, -0.2) is 9.37 Å². The molecule has 34 heavy (non-hydrogen) atoms. The zero-order chi connectivity index (χ0) is 24.5. The predicted molar refractivity (Wildman–Crippen MR) is 130 cm³/mol. The Morgan fingerprint density at radius 1 is 1.29 bits per heavy atom. The first-order chi connectivity index (χ1) is 16.2. The second-order valence-electron chi connectivity index (χ2n) is 8.92. The van der Waals surface area contributed by atoms with Gasteiger partial charge in [-0.15, -0.1) is 0 Å². The summed E-state index contributed by atoms with van der Waals surface area (Å²) in [6.45, 7) is 4.88. The van der Waals surface area contributed by atoms with E-state index in [-0.39, 0.29) is 18.2 Å². The highest BCUT2D eigenvalue weighted by Crippen LogP contribution is 2.40. The smallest absolute Gasteiger partial charge is 0.310 e. The van der Waals surface area contributed by atoms with Crippen LogP contribution in [-0.2, 0) is 17.8 Å². The summed E-state index contributed by atoms with van der Waals surface area (Å²) in [6, 6.07) is 9.91. The number of aromatic nitrogens is 3. The Bertz CT molecular complexity index is 1180. The number of hydrogen-bond donors (Lipinski definition) is 3. The van der Waals surface area contributed by atoms with Crippen LogP contribution in [0.4, 0.5) is 16.0 Å². The number of carbonyl (C=O) groups is 1.